The van der Waals surface area contributed by atoms with Crippen LogP contribution in [0.5, 0.6) is 0 Å². The van der Waals surface area contributed by atoms with Crippen LogP contribution >= 0.6 is 0 Å². The predicted octanol–water partition coefficient (Wildman–Crippen LogP) is 3.57. The molecule has 1 atom stereocenters. The number of carbonyl (C=O) groups excluding carboxylic acids is 2. The van der Waals surface area contributed by atoms with Gasteiger partial charge in [-0.1, -0.05) is 51.3 Å². The van der Waals surface area contributed by atoms with E-state index in [1.54, 1.807) is 0 Å². The molecular formula is C18H28N2O2. The summed E-state index contributed by atoms with van der Waals surface area (Å²) >= 11 is 0. The molecule has 0 spiro atoms. The second-order valence-electron chi connectivity index (χ2n) is 5.85. The summed E-state index contributed by atoms with van der Waals surface area (Å²) in [6.07, 6.45) is 4.41. The molecule has 0 radical (unpaired) electrons. The standard InChI is InChI=1S/C18H28N2O2/c1-5-7-11-15(6-2)12-19-17(21)18(22)20-16-13(3)9-8-10-14(16)4/h8-10,15H,5-7,11-12H2,1-4H3,(H,19,21)(H,20,22). The Morgan fingerprint density at radius 2 is 1.73 bits per heavy atom. The zero-order chi connectivity index (χ0) is 16.5. The van der Waals surface area contributed by atoms with Crippen LogP contribution in [0.2, 0.25) is 0 Å². The van der Waals surface area contributed by atoms with Crippen molar-refractivity contribution >= 4 is 17.5 Å². The van der Waals surface area contributed by atoms with E-state index in [9.17, 15) is 9.59 Å². The zero-order valence-electron chi connectivity index (χ0n) is 14.2. The van der Waals surface area contributed by atoms with Crippen molar-refractivity contribution in [2.75, 3.05) is 11.9 Å². The van der Waals surface area contributed by atoms with Gasteiger partial charge in [0, 0.05) is 12.2 Å². The minimum absolute atomic E-state index is 0.442. The Kier molecular flexibility index (Phi) is 7.64. The molecule has 0 bridgehead atoms. The summed E-state index contributed by atoms with van der Waals surface area (Å²) in [5.41, 5.74) is 2.63. The third kappa shape index (κ3) is 5.51. The average Bonchev–Trinajstić information content (AvgIpc) is 2.50. The molecule has 22 heavy (non-hydrogen) atoms. The minimum atomic E-state index is -0.595. The van der Waals surface area contributed by atoms with Crippen LogP contribution in [0.4, 0.5) is 5.69 Å². The fourth-order valence-corrected chi connectivity index (χ4v) is 2.44. The van der Waals surface area contributed by atoms with E-state index in [0.29, 0.717) is 12.5 Å². The number of rotatable bonds is 7. The first-order chi connectivity index (χ1) is 10.5. The molecule has 0 aliphatic rings. The lowest BCUT2D eigenvalue weighted by Gasteiger charge is -2.15. The van der Waals surface area contributed by atoms with Gasteiger partial charge in [-0.3, -0.25) is 9.59 Å². The van der Waals surface area contributed by atoms with E-state index in [2.05, 4.69) is 24.5 Å². The van der Waals surface area contributed by atoms with Crippen LogP contribution in [-0.2, 0) is 9.59 Å². The smallest absolute Gasteiger partial charge is 0.313 e. The maximum absolute atomic E-state index is 12.0. The number of amides is 2. The van der Waals surface area contributed by atoms with Crippen molar-refractivity contribution in [1.82, 2.24) is 5.32 Å². The molecule has 1 unspecified atom stereocenters. The Balaban J connectivity index is 2.53. The van der Waals surface area contributed by atoms with Crippen LogP contribution in [-0.4, -0.2) is 18.4 Å². The van der Waals surface area contributed by atoms with Crippen molar-refractivity contribution in [3.05, 3.63) is 29.3 Å². The third-order valence-corrected chi connectivity index (χ3v) is 4.02. The van der Waals surface area contributed by atoms with E-state index >= 15 is 0 Å². The molecule has 0 saturated carbocycles. The van der Waals surface area contributed by atoms with Gasteiger partial charge < -0.3 is 10.6 Å². The summed E-state index contributed by atoms with van der Waals surface area (Å²) in [4.78, 5) is 23.9. The minimum Gasteiger partial charge on any atom is -0.348 e. The molecule has 2 amide bonds. The van der Waals surface area contributed by atoms with Crippen LogP contribution in [0, 0.1) is 19.8 Å². The number of benzene rings is 1. The number of hydrogen-bond acceptors (Lipinski definition) is 2. The van der Waals surface area contributed by atoms with Crippen molar-refractivity contribution < 1.29 is 9.59 Å². The van der Waals surface area contributed by atoms with Gasteiger partial charge >= 0.3 is 11.8 Å². The molecule has 0 fully saturated rings. The molecule has 1 aromatic carbocycles. The van der Waals surface area contributed by atoms with Crippen molar-refractivity contribution in [3.63, 3.8) is 0 Å². The van der Waals surface area contributed by atoms with Crippen molar-refractivity contribution in [3.8, 4) is 0 Å². The molecule has 0 heterocycles. The summed E-state index contributed by atoms with van der Waals surface area (Å²) in [7, 11) is 0. The predicted molar refractivity (Wildman–Crippen MR) is 90.9 cm³/mol. The van der Waals surface area contributed by atoms with E-state index in [-0.39, 0.29) is 0 Å². The van der Waals surface area contributed by atoms with Crippen LogP contribution in [0.25, 0.3) is 0 Å². The Morgan fingerprint density at radius 1 is 1.09 bits per heavy atom. The number of anilines is 1. The van der Waals surface area contributed by atoms with Gasteiger partial charge in [-0.25, -0.2) is 0 Å². The third-order valence-electron chi connectivity index (χ3n) is 4.02. The first-order valence-electron chi connectivity index (χ1n) is 8.14. The highest BCUT2D eigenvalue weighted by Gasteiger charge is 2.17. The van der Waals surface area contributed by atoms with E-state index in [0.717, 1.165) is 42.5 Å². The molecule has 0 aliphatic heterocycles. The molecule has 0 saturated heterocycles. The lowest BCUT2D eigenvalue weighted by Crippen LogP contribution is -2.38. The fraction of sp³-hybridized carbons (Fsp3) is 0.556. The van der Waals surface area contributed by atoms with Gasteiger partial charge in [0.2, 0.25) is 0 Å². The zero-order valence-corrected chi connectivity index (χ0v) is 14.2. The monoisotopic (exact) mass is 304 g/mol. The topological polar surface area (TPSA) is 58.2 Å². The average molecular weight is 304 g/mol. The van der Waals surface area contributed by atoms with Crippen LogP contribution in [0.1, 0.15) is 50.7 Å². The van der Waals surface area contributed by atoms with Crippen LogP contribution in [0.15, 0.2) is 18.2 Å². The molecule has 0 aliphatic carbocycles. The van der Waals surface area contributed by atoms with Crippen molar-refractivity contribution in [1.29, 1.82) is 0 Å². The van der Waals surface area contributed by atoms with Crippen LogP contribution < -0.4 is 10.6 Å². The maximum atomic E-state index is 12.0. The van der Waals surface area contributed by atoms with Gasteiger partial charge in [0.05, 0.1) is 0 Å². The van der Waals surface area contributed by atoms with E-state index in [1.807, 2.05) is 32.0 Å². The summed E-state index contributed by atoms with van der Waals surface area (Å²) in [6, 6.07) is 5.76. The molecule has 1 rings (SSSR count). The molecule has 122 valence electrons. The van der Waals surface area contributed by atoms with Gasteiger partial charge in [0.25, 0.3) is 0 Å². The van der Waals surface area contributed by atoms with Gasteiger partial charge in [0.1, 0.15) is 0 Å². The van der Waals surface area contributed by atoms with Gasteiger partial charge in [0.15, 0.2) is 0 Å². The largest absolute Gasteiger partial charge is 0.348 e. The molecular weight excluding hydrogens is 276 g/mol. The summed E-state index contributed by atoms with van der Waals surface area (Å²) in [5, 5.41) is 5.46. The lowest BCUT2D eigenvalue weighted by atomic mass is 9.99. The van der Waals surface area contributed by atoms with E-state index in [4.69, 9.17) is 0 Å². The quantitative estimate of drug-likeness (QED) is 0.757. The SMILES string of the molecule is CCCCC(CC)CNC(=O)C(=O)Nc1c(C)cccc1C. The molecule has 4 nitrogen and oxygen atoms in total. The number of aryl methyl sites for hydroxylation is 2. The number of para-hydroxylation sites is 1. The Hall–Kier alpha value is -1.84. The number of carbonyl (C=O) groups is 2. The highest BCUT2D eigenvalue weighted by molar-refractivity contribution is 6.39. The number of nitrogens with one attached hydrogen (secondary N) is 2. The van der Waals surface area contributed by atoms with Crippen molar-refractivity contribution in [2.24, 2.45) is 5.92 Å². The second-order valence-corrected chi connectivity index (χ2v) is 5.85. The number of hydrogen-bond donors (Lipinski definition) is 2. The highest BCUT2D eigenvalue weighted by atomic mass is 16.2. The van der Waals surface area contributed by atoms with Crippen molar-refractivity contribution in [2.45, 2.75) is 53.4 Å². The van der Waals surface area contributed by atoms with Gasteiger partial charge in [-0.15, -0.1) is 0 Å². The Morgan fingerprint density at radius 3 is 2.27 bits per heavy atom. The van der Waals surface area contributed by atoms with E-state index < -0.39 is 11.8 Å². The van der Waals surface area contributed by atoms with Gasteiger partial charge in [-0.2, -0.15) is 0 Å². The molecule has 0 aromatic heterocycles. The van der Waals surface area contributed by atoms with E-state index in [1.165, 1.54) is 0 Å². The maximum Gasteiger partial charge on any atom is 0.313 e. The molecule has 2 N–H and O–H groups in total. The summed E-state index contributed by atoms with van der Waals surface area (Å²) in [5.74, 6) is -0.711. The molecule has 4 heteroatoms. The summed E-state index contributed by atoms with van der Waals surface area (Å²) < 4.78 is 0. The van der Waals surface area contributed by atoms with Gasteiger partial charge in [-0.05, 0) is 37.3 Å². The summed E-state index contributed by atoms with van der Waals surface area (Å²) in [6.45, 7) is 8.67. The second kappa shape index (κ2) is 9.23. The lowest BCUT2D eigenvalue weighted by molar-refractivity contribution is -0.136. The molecule has 1 aromatic rings. The highest BCUT2D eigenvalue weighted by Crippen LogP contribution is 2.19. The Labute approximate surface area is 133 Å². The van der Waals surface area contributed by atoms with Crippen LogP contribution in [0.3, 0.4) is 0 Å². The first-order valence-corrected chi connectivity index (χ1v) is 8.14. The fourth-order valence-electron chi connectivity index (χ4n) is 2.44. The Bertz CT molecular complexity index is 492. The first kappa shape index (κ1) is 18.2. The number of unbranched alkanes of at least 4 members (excludes halogenated alkanes) is 1. The normalized spacial score (nSPS) is 11.8.